The molecule has 1 aromatic carbocycles. The molecule has 35 heavy (non-hydrogen) atoms. The molecule has 0 radical (unpaired) electrons. The van der Waals surface area contributed by atoms with Crippen molar-refractivity contribution in [3.63, 3.8) is 0 Å². The van der Waals surface area contributed by atoms with Crippen LogP contribution in [0.5, 0.6) is 0 Å². The Balaban J connectivity index is 1.46. The van der Waals surface area contributed by atoms with Gasteiger partial charge in [0.1, 0.15) is 11.9 Å². The van der Waals surface area contributed by atoms with Gasteiger partial charge < -0.3 is 10.6 Å². The zero-order valence-electron chi connectivity index (χ0n) is 18.6. The minimum Gasteiger partial charge on any atom is -0.324 e. The van der Waals surface area contributed by atoms with E-state index in [9.17, 15) is 18.0 Å². The van der Waals surface area contributed by atoms with E-state index in [1.54, 1.807) is 18.3 Å². The minimum atomic E-state index is -4.59. The molecule has 4 heterocycles. The highest BCUT2D eigenvalue weighted by Crippen LogP contribution is 2.39. The molecule has 1 aliphatic heterocycles. The smallest absolute Gasteiger partial charge is 0.324 e. The third-order valence-electron chi connectivity index (χ3n) is 6.36. The summed E-state index contributed by atoms with van der Waals surface area (Å²) >= 11 is 0. The number of benzene rings is 1. The maximum atomic E-state index is 13.4. The van der Waals surface area contributed by atoms with Crippen molar-refractivity contribution in [2.75, 3.05) is 11.9 Å². The van der Waals surface area contributed by atoms with Gasteiger partial charge in [0.15, 0.2) is 5.65 Å². The number of rotatable bonds is 5. The molecule has 0 bridgehead atoms. The fraction of sp³-hybridized carbons (Fsp3) is 0.333. The zero-order chi connectivity index (χ0) is 24.2. The molecule has 0 saturated heterocycles. The first-order valence-corrected chi connectivity index (χ1v) is 11.5. The maximum Gasteiger partial charge on any atom is 0.408 e. The molecule has 3 aromatic heterocycles. The first-order chi connectivity index (χ1) is 16.9. The molecule has 2 aliphatic rings. The van der Waals surface area contributed by atoms with Gasteiger partial charge >= 0.3 is 6.18 Å². The Morgan fingerprint density at radius 1 is 1.11 bits per heavy atom. The van der Waals surface area contributed by atoms with Crippen LogP contribution in [-0.4, -0.2) is 37.0 Å². The zero-order valence-corrected chi connectivity index (χ0v) is 18.6. The Kier molecular flexibility index (Phi) is 5.10. The largest absolute Gasteiger partial charge is 0.408 e. The fourth-order valence-electron chi connectivity index (χ4n) is 4.52. The van der Waals surface area contributed by atoms with Gasteiger partial charge in [0.05, 0.1) is 5.69 Å². The van der Waals surface area contributed by atoms with Gasteiger partial charge in [-0.1, -0.05) is 6.07 Å². The molecule has 180 valence electrons. The highest BCUT2D eigenvalue weighted by atomic mass is 19.4. The Bertz CT molecular complexity index is 1490. The molecule has 0 spiro atoms. The highest BCUT2D eigenvalue weighted by Gasteiger charge is 2.32. The SMILES string of the molecule is O=c1c2cnc(Nc3ccc4c(c3)CNCC4)nc2n(-c2ccnc(C3CC3)c2)n1CC(F)(F)F. The lowest BCUT2D eigenvalue weighted by Crippen LogP contribution is -2.30. The number of hydrogen-bond acceptors (Lipinski definition) is 6. The van der Waals surface area contributed by atoms with Gasteiger partial charge in [0, 0.05) is 36.2 Å². The lowest BCUT2D eigenvalue weighted by molar-refractivity contribution is -0.144. The summed E-state index contributed by atoms with van der Waals surface area (Å²) in [7, 11) is 0. The Hall–Kier alpha value is -3.73. The number of aromatic nitrogens is 5. The van der Waals surface area contributed by atoms with Crippen molar-refractivity contribution in [1.82, 2.24) is 29.6 Å². The third kappa shape index (κ3) is 4.27. The molecule has 8 nitrogen and oxygen atoms in total. The monoisotopic (exact) mass is 481 g/mol. The van der Waals surface area contributed by atoms with Crippen LogP contribution in [0.4, 0.5) is 24.8 Å². The highest BCUT2D eigenvalue weighted by molar-refractivity contribution is 5.77. The topological polar surface area (TPSA) is 89.7 Å². The average molecular weight is 481 g/mol. The number of nitrogens with zero attached hydrogens (tertiary/aromatic N) is 5. The maximum absolute atomic E-state index is 13.4. The molecule has 0 unspecified atom stereocenters. The van der Waals surface area contributed by atoms with E-state index in [0.29, 0.717) is 16.3 Å². The normalized spacial score (nSPS) is 15.9. The number of anilines is 2. The first kappa shape index (κ1) is 21.8. The molecule has 11 heteroatoms. The lowest BCUT2D eigenvalue weighted by atomic mass is 10.0. The molecule has 2 N–H and O–H groups in total. The fourth-order valence-corrected chi connectivity index (χ4v) is 4.52. The van der Waals surface area contributed by atoms with Crippen molar-refractivity contribution < 1.29 is 13.2 Å². The summed E-state index contributed by atoms with van der Waals surface area (Å²) in [4.78, 5) is 26.0. The summed E-state index contributed by atoms with van der Waals surface area (Å²) in [6.45, 7) is 0.253. The van der Waals surface area contributed by atoms with Gasteiger partial charge in [-0.2, -0.15) is 18.2 Å². The second-order valence-corrected chi connectivity index (χ2v) is 8.97. The molecule has 4 aromatic rings. The Morgan fingerprint density at radius 3 is 2.77 bits per heavy atom. The van der Waals surface area contributed by atoms with Gasteiger partial charge in [0.25, 0.3) is 5.56 Å². The van der Waals surface area contributed by atoms with E-state index < -0.39 is 18.3 Å². The predicted molar refractivity (Wildman–Crippen MR) is 124 cm³/mol. The van der Waals surface area contributed by atoms with Crippen molar-refractivity contribution >= 4 is 22.7 Å². The summed E-state index contributed by atoms with van der Waals surface area (Å²) in [6.07, 6.45) is 1.17. The van der Waals surface area contributed by atoms with Gasteiger partial charge in [-0.25, -0.2) is 14.3 Å². The van der Waals surface area contributed by atoms with Crippen molar-refractivity contribution in [2.45, 2.75) is 44.4 Å². The molecule has 0 amide bonds. The van der Waals surface area contributed by atoms with Crippen LogP contribution in [0.1, 0.15) is 35.6 Å². The van der Waals surface area contributed by atoms with Crippen LogP contribution >= 0.6 is 0 Å². The second kappa shape index (κ2) is 8.19. The minimum absolute atomic E-state index is 0.0132. The predicted octanol–water partition coefficient (Wildman–Crippen LogP) is 3.81. The first-order valence-electron chi connectivity index (χ1n) is 11.5. The van der Waals surface area contributed by atoms with E-state index in [1.807, 2.05) is 18.2 Å². The van der Waals surface area contributed by atoms with Gasteiger partial charge in [0.2, 0.25) is 5.95 Å². The van der Waals surface area contributed by atoms with Crippen molar-refractivity contribution in [1.29, 1.82) is 0 Å². The lowest BCUT2D eigenvalue weighted by Gasteiger charge is -2.18. The van der Waals surface area contributed by atoms with Crippen LogP contribution in [0.2, 0.25) is 0 Å². The summed E-state index contributed by atoms with van der Waals surface area (Å²) in [6, 6.07) is 9.29. The number of nitrogens with one attached hydrogen (secondary N) is 2. The Labute approximate surface area is 197 Å². The number of alkyl halides is 3. The second-order valence-electron chi connectivity index (χ2n) is 8.97. The summed E-state index contributed by atoms with van der Waals surface area (Å²) in [5.74, 6) is 0.487. The molecular formula is C24H22F3N7O. The van der Waals surface area contributed by atoms with E-state index in [0.717, 1.165) is 43.7 Å². The van der Waals surface area contributed by atoms with Crippen LogP contribution < -0.4 is 16.2 Å². The van der Waals surface area contributed by atoms with Crippen LogP contribution in [0.3, 0.4) is 0 Å². The van der Waals surface area contributed by atoms with Crippen LogP contribution in [0, 0.1) is 0 Å². The number of hydrogen-bond donors (Lipinski definition) is 2. The molecule has 1 aliphatic carbocycles. The van der Waals surface area contributed by atoms with Gasteiger partial charge in [-0.05, 0) is 61.2 Å². The van der Waals surface area contributed by atoms with E-state index in [-0.39, 0.29) is 17.0 Å². The van der Waals surface area contributed by atoms with Crippen molar-refractivity contribution in [3.05, 3.63) is 69.9 Å². The Morgan fingerprint density at radius 2 is 1.97 bits per heavy atom. The van der Waals surface area contributed by atoms with E-state index >= 15 is 0 Å². The van der Waals surface area contributed by atoms with E-state index in [4.69, 9.17) is 0 Å². The van der Waals surface area contributed by atoms with E-state index in [1.165, 1.54) is 22.0 Å². The number of fused-ring (bicyclic) bond motifs is 2. The molecular weight excluding hydrogens is 459 g/mol. The summed E-state index contributed by atoms with van der Waals surface area (Å²) < 4.78 is 42.2. The molecule has 6 rings (SSSR count). The third-order valence-corrected chi connectivity index (χ3v) is 6.36. The number of pyridine rings is 1. The van der Waals surface area contributed by atoms with Crippen LogP contribution in [-0.2, 0) is 19.5 Å². The average Bonchev–Trinajstić information content (AvgIpc) is 3.65. The number of halogens is 3. The quantitative estimate of drug-likeness (QED) is 0.451. The van der Waals surface area contributed by atoms with Crippen molar-refractivity contribution in [2.24, 2.45) is 0 Å². The molecule has 1 fully saturated rings. The standard InChI is InChI=1S/C24H22F3N7O/c25-24(26,27)13-33-22(35)19-12-30-23(31-17-4-3-14-5-7-28-11-16(14)9-17)32-21(19)34(33)18-6-8-29-20(10-18)15-1-2-15/h3-4,6,8-10,12,15,28H,1-2,5,7,11,13H2,(H,30,31,32). The van der Waals surface area contributed by atoms with Crippen LogP contribution in [0.15, 0.2) is 47.5 Å². The van der Waals surface area contributed by atoms with Crippen molar-refractivity contribution in [3.8, 4) is 5.69 Å². The van der Waals surface area contributed by atoms with Crippen LogP contribution in [0.25, 0.3) is 16.7 Å². The van der Waals surface area contributed by atoms with Gasteiger partial charge in [-0.3, -0.25) is 9.78 Å². The molecule has 1 saturated carbocycles. The summed E-state index contributed by atoms with van der Waals surface area (Å²) in [5.41, 5.74) is 3.70. The molecule has 0 atom stereocenters. The van der Waals surface area contributed by atoms with Gasteiger partial charge in [-0.15, -0.1) is 0 Å². The summed E-state index contributed by atoms with van der Waals surface area (Å²) in [5, 5.41) is 6.47. The van der Waals surface area contributed by atoms with E-state index in [2.05, 4.69) is 25.6 Å².